The number of thioether (sulfide) groups is 1. The second-order valence-corrected chi connectivity index (χ2v) is 6.91. The van der Waals surface area contributed by atoms with Crippen LogP contribution in [0.3, 0.4) is 0 Å². The molecule has 1 aliphatic rings. The van der Waals surface area contributed by atoms with Gasteiger partial charge in [0.2, 0.25) is 0 Å². The standard InChI is InChI=1S/C19H15FN2O6S/c1-27-15-7-12(14(22(25)26)9-16(15)28-2)8-17-18(23)21(19(24)29-17)10-11-3-5-13(20)6-4-11/h3-9H,10H2,1-2H3. The highest BCUT2D eigenvalue weighted by Gasteiger charge is 2.35. The molecule has 0 aromatic heterocycles. The number of ether oxygens (including phenoxy) is 2. The highest BCUT2D eigenvalue weighted by Crippen LogP contribution is 2.39. The molecule has 0 unspecified atom stereocenters. The van der Waals surface area contributed by atoms with E-state index >= 15 is 0 Å². The number of imide groups is 1. The van der Waals surface area contributed by atoms with Crippen LogP contribution in [0.5, 0.6) is 11.5 Å². The van der Waals surface area contributed by atoms with Crippen molar-refractivity contribution in [1.29, 1.82) is 0 Å². The summed E-state index contributed by atoms with van der Waals surface area (Å²) < 4.78 is 23.3. The van der Waals surface area contributed by atoms with E-state index in [1.54, 1.807) is 0 Å². The van der Waals surface area contributed by atoms with Crippen LogP contribution in [0.4, 0.5) is 14.9 Å². The van der Waals surface area contributed by atoms with Gasteiger partial charge in [0.05, 0.1) is 42.2 Å². The third-order valence-corrected chi connectivity index (χ3v) is 5.05. The SMILES string of the molecule is COc1cc(C=C2SC(=O)N(Cc3ccc(F)cc3)C2=O)c([N+](=O)[O-])cc1OC. The molecule has 1 aliphatic heterocycles. The van der Waals surface area contributed by atoms with E-state index in [-0.39, 0.29) is 34.2 Å². The van der Waals surface area contributed by atoms with Gasteiger partial charge in [0.1, 0.15) is 5.82 Å². The predicted octanol–water partition coefficient (Wildman–Crippen LogP) is 3.99. The Morgan fingerprint density at radius 3 is 2.34 bits per heavy atom. The molecule has 2 aromatic rings. The molecule has 1 saturated heterocycles. The third-order valence-electron chi connectivity index (χ3n) is 4.14. The van der Waals surface area contributed by atoms with E-state index in [0.717, 1.165) is 4.90 Å². The van der Waals surface area contributed by atoms with Crippen LogP contribution >= 0.6 is 11.8 Å². The van der Waals surface area contributed by atoms with E-state index in [2.05, 4.69) is 0 Å². The quantitative estimate of drug-likeness (QED) is 0.397. The number of amides is 2. The maximum absolute atomic E-state index is 13.0. The van der Waals surface area contributed by atoms with Gasteiger partial charge < -0.3 is 9.47 Å². The van der Waals surface area contributed by atoms with Crippen LogP contribution < -0.4 is 9.47 Å². The van der Waals surface area contributed by atoms with Crippen molar-refractivity contribution < 1.29 is 28.4 Å². The number of halogens is 1. The lowest BCUT2D eigenvalue weighted by molar-refractivity contribution is -0.385. The number of nitrogens with zero attached hydrogens (tertiary/aromatic N) is 2. The van der Waals surface area contributed by atoms with Gasteiger partial charge in [0.15, 0.2) is 11.5 Å². The fourth-order valence-corrected chi connectivity index (χ4v) is 3.54. The van der Waals surface area contributed by atoms with Crippen molar-refractivity contribution in [1.82, 2.24) is 4.90 Å². The maximum Gasteiger partial charge on any atom is 0.293 e. The zero-order chi connectivity index (χ0) is 21.1. The average molecular weight is 418 g/mol. The zero-order valence-electron chi connectivity index (χ0n) is 15.4. The first kappa shape index (κ1) is 20.3. The zero-order valence-corrected chi connectivity index (χ0v) is 16.2. The van der Waals surface area contributed by atoms with Crippen LogP contribution in [0.25, 0.3) is 6.08 Å². The first-order chi connectivity index (χ1) is 13.8. The van der Waals surface area contributed by atoms with Gasteiger partial charge in [-0.15, -0.1) is 0 Å². The number of carbonyl (C=O) groups is 2. The van der Waals surface area contributed by atoms with Crippen molar-refractivity contribution in [3.63, 3.8) is 0 Å². The first-order valence-corrected chi connectivity index (χ1v) is 9.06. The van der Waals surface area contributed by atoms with Gasteiger partial charge >= 0.3 is 0 Å². The predicted molar refractivity (Wildman–Crippen MR) is 104 cm³/mol. The maximum atomic E-state index is 13.0. The van der Waals surface area contributed by atoms with Gasteiger partial charge in [-0.2, -0.15) is 0 Å². The lowest BCUT2D eigenvalue weighted by Crippen LogP contribution is -2.27. The van der Waals surface area contributed by atoms with E-state index in [9.17, 15) is 24.1 Å². The summed E-state index contributed by atoms with van der Waals surface area (Å²) in [5, 5.41) is 10.9. The van der Waals surface area contributed by atoms with Crippen molar-refractivity contribution in [2.75, 3.05) is 14.2 Å². The molecule has 2 amide bonds. The van der Waals surface area contributed by atoms with Gasteiger partial charge in [-0.3, -0.25) is 24.6 Å². The smallest absolute Gasteiger partial charge is 0.293 e. The van der Waals surface area contributed by atoms with Crippen molar-refractivity contribution in [2.24, 2.45) is 0 Å². The van der Waals surface area contributed by atoms with E-state index in [4.69, 9.17) is 9.47 Å². The molecule has 0 radical (unpaired) electrons. The number of hydrogen-bond acceptors (Lipinski definition) is 7. The summed E-state index contributed by atoms with van der Waals surface area (Å²) in [7, 11) is 2.73. The van der Waals surface area contributed by atoms with Crippen LogP contribution in [0.2, 0.25) is 0 Å². The summed E-state index contributed by atoms with van der Waals surface area (Å²) in [6, 6.07) is 7.97. The molecule has 10 heteroatoms. The van der Waals surface area contributed by atoms with Gasteiger partial charge in [-0.1, -0.05) is 12.1 Å². The fourth-order valence-electron chi connectivity index (χ4n) is 2.71. The molecule has 0 aliphatic carbocycles. The molecular weight excluding hydrogens is 403 g/mol. The van der Waals surface area contributed by atoms with Crippen LogP contribution in [-0.4, -0.2) is 35.2 Å². The molecule has 0 atom stereocenters. The van der Waals surface area contributed by atoms with Crippen LogP contribution in [-0.2, 0) is 11.3 Å². The summed E-state index contributed by atoms with van der Waals surface area (Å²) in [5.41, 5.74) is 0.375. The molecular formula is C19H15FN2O6S. The number of rotatable bonds is 6. The summed E-state index contributed by atoms with van der Waals surface area (Å²) >= 11 is 0.673. The molecule has 3 rings (SSSR count). The van der Waals surface area contributed by atoms with Crippen molar-refractivity contribution in [3.8, 4) is 11.5 Å². The number of carbonyl (C=O) groups excluding carboxylic acids is 2. The molecule has 29 heavy (non-hydrogen) atoms. The highest BCUT2D eigenvalue weighted by molar-refractivity contribution is 8.18. The number of nitro groups is 1. The minimum absolute atomic E-state index is 0.0314. The lowest BCUT2D eigenvalue weighted by atomic mass is 10.1. The third kappa shape index (κ3) is 4.21. The normalized spacial score (nSPS) is 15.1. The molecule has 150 valence electrons. The van der Waals surface area contributed by atoms with Crippen molar-refractivity contribution in [2.45, 2.75) is 6.54 Å². The number of benzene rings is 2. The molecule has 8 nitrogen and oxygen atoms in total. The Labute approximate surface area is 169 Å². The largest absolute Gasteiger partial charge is 0.493 e. The molecule has 0 N–H and O–H groups in total. The molecule has 0 saturated carbocycles. The Kier molecular flexibility index (Phi) is 5.83. The average Bonchev–Trinajstić information content (AvgIpc) is 2.96. The lowest BCUT2D eigenvalue weighted by Gasteiger charge is -2.12. The monoisotopic (exact) mass is 418 g/mol. The van der Waals surface area contributed by atoms with Gasteiger partial charge in [-0.25, -0.2) is 4.39 Å². The highest BCUT2D eigenvalue weighted by atomic mass is 32.2. The minimum atomic E-state index is -0.615. The Morgan fingerprint density at radius 2 is 1.76 bits per heavy atom. The molecule has 2 aromatic carbocycles. The second-order valence-electron chi connectivity index (χ2n) is 5.92. The van der Waals surface area contributed by atoms with Gasteiger partial charge in [0.25, 0.3) is 16.8 Å². The van der Waals surface area contributed by atoms with Crippen LogP contribution in [0, 0.1) is 15.9 Å². The van der Waals surface area contributed by atoms with Crippen LogP contribution in [0.15, 0.2) is 41.3 Å². The summed E-state index contributed by atoms with van der Waals surface area (Å²) in [6.07, 6.45) is 1.27. The Hall–Kier alpha value is -3.40. The summed E-state index contributed by atoms with van der Waals surface area (Å²) in [6.45, 7) is -0.0314. The first-order valence-electron chi connectivity index (χ1n) is 8.24. The second kappa shape index (κ2) is 8.31. The Balaban J connectivity index is 1.94. The fraction of sp³-hybridized carbons (Fsp3) is 0.158. The van der Waals surface area contributed by atoms with Crippen LogP contribution in [0.1, 0.15) is 11.1 Å². The summed E-state index contributed by atoms with van der Waals surface area (Å²) in [5.74, 6) is -0.604. The van der Waals surface area contributed by atoms with Crippen molar-refractivity contribution in [3.05, 3.63) is 68.4 Å². The van der Waals surface area contributed by atoms with E-state index in [1.807, 2.05) is 0 Å². The summed E-state index contributed by atoms with van der Waals surface area (Å²) in [4.78, 5) is 36.8. The topological polar surface area (TPSA) is 99.0 Å². The molecule has 1 heterocycles. The molecule has 0 bridgehead atoms. The number of hydrogen-bond donors (Lipinski definition) is 0. The molecule has 0 spiro atoms. The Morgan fingerprint density at radius 1 is 1.14 bits per heavy atom. The van der Waals surface area contributed by atoms with E-state index in [0.29, 0.717) is 17.3 Å². The number of methoxy groups -OCH3 is 2. The number of nitro benzene ring substituents is 1. The molecule has 1 fully saturated rings. The van der Waals surface area contributed by atoms with E-state index < -0.39 is 21.9 Å². The Bertz CT molecular complexity index is 1020. The minimum Gasteiger partial charge on any atom is -0.493 e. The van der Waals surface area contributed by atoms with Crippen molar-refractivity contribution >= 4 is 34.7 Å². The van der Waals surface area contributed by atoms with Gasteiger partial charge in [0, 0.05) is 0 Å². The van der Waals surface area contributed by atoms with E-state index in [1.165, 1.54) is 56.7 Å². The van der Waals surface area contributed by atoms with Gasteiger partial charge in [-0.05, 0) is 41.6 Å².